The van der Waals surface area contributed by atoms with Crippen LogP contribution in [-0.2, 0) is 21.2 Å². The molecule has 0 aliphatic heterocycles. The van der Waals surface area contributed by atoms with Crippen LogP contribution in [0.15, 0.2) is 29.2 Å². The average Bonchev–Trinajstić information content (AvgIpc) is 2.95. The third kappa shape index (κ3) is 5.36. The number of aromatic nitrogens is 2. The maximum absolute atomic E-state index is 12.1. The Balaban J connectivity index is 1.82. The Hall–Kier alpha value is -1.84. The van der Waals surface area contributed by atoms with Crippen molar-refractivity contribution >= 4 is 32.4 Å². The maximum Gasteiger partial charge on any atom is 0.240 e. The number of benzene rings is 1. The molecule has 1 aromatic heterocycles. The number of amides is 1. The largest absolute Gasteiger partial charge is 0.300 e. The number of hydrogen-bond donors (Lipinski definition) is 2. The fourth-order valence-electron chi connectivity index (χ4n) is 1.90. The number of nitrogens with one attached hydrogen (secondary N) is 2. The molecule has 0 aliphatic rings. The monoisotopic (exact) mass is 368 g/mol. The van der Waals surface area contributed by atoms with Crippen molar-refractivity contribution in [3.05, 3.63) is 34.8 Å². The normalized spacial score (nSPS) is 11.4. The van der Waals surface area contributed by atoms with Gasteiger partial charge in [-0.15, -0.1) is 10.2 Å². The first-order valence-corrected chi connectivity index (χ1v) is 9.89. The molecule has 0 atom stereocenters. The van der Waals surface area contributed by atoms with E-state index in [-0.39, 0.29) is 23.8 Å². The summed E-state index contributed by atoms with van der Waals surface area (Å²) in [6.45, 7) is 3.94. The van der Waals surface area contributed by atoms with Crippen molar-refractivity contribution in [3.8, 4) is 0 Å². The van der Waals surface area contributed by atoms with E-state index in [1.807, 2.05) is 13.8 Å². The van der Waals surface area contributed by atoms with Gasteiger partial charge in [-0.3, -0.25) is 4.79 Å². The third-order valence-corrected chi connectivity index (χ3v) is 5.53. The molecule has 24 heavy (non-hydrogen) atoms. The molecular weight excluding hydrogens is 348 g/mol. The predicted octanol–water partition coefficient (Wildman–Crippen LogP) is 2.11. The number of aryl methyl sites for hydroxylation is 2. The van der Waals surface area contributed by atoms with Crippen LogP contribution in [0.4, 0.5) is 5.13 Å². The second kappa shape index (κ2) is 8.32. The van der Waals surface area contributed by atoms with Crippen molar-refractivity contribution < 1.29 is 13.2 Å². The molecule has 0 saturated heterocycles. The van der Waals surface area contributed by atoms with Crippen LogP contribution in [0.5, 0.6) is 0 Å². The Morgan fingerprint density at radius 2 is 1.92 bits per heavy atom. The van der Waals surface area contributed by atoms with Gasteiger partial charge in [0.2, 0.25) is 21.1 Å². The van der Waals surface area contributed by atoms with Gasteiger partial charge in [0, 0.05) is 19.4 Å². The van der Waals surface area contributed by atoms with Crippen LogP contribution >= 0.6 is 11.3 Å². The van der Waals surface area contributed by atoms with Crippen molar-refractivity contribution in [2.75, 3.05) is 11.9 Å². The van der Waals surface area contributed by atoms with Gasteiger partial charge < -0.3 is 5.32 Å². The van der Waals surface area contributed by atoms with Crippen molar-refractivity contribution in [1.82, 2.24) is 14.9 Å². The second-order valence-corrected chi connectivity index (χ2v) is 8.09. The Kier molecular flexibility index (Phi) is 6.41. The van der Waals surface area contributed by atoms with Gasteiger partial charge in [0.15, 0.2) is 0 Å². The zero-order chi connectivity index (χ0) is 17.6. The van der Waals surface area contributed by atoms with Gasteiger partial charge in [-0.05, 0) is 25.5 Å². The molecule has 1 heterocycles. The highest BCUT2D eigenvalue weighted by atomic mass is 32.2. The van der Waals surface area contributed by atoms with Crippen molar-refractivity contribution in [2.45, 2.75) is 38.0 Å². The first kappa shape index (κ1) is 18.5. The van der Waals surface area contributed by atoms with E-state index >= 15 is 0 Å². The fourth-order valence-corrected chi connectivity index (χ4v) is 3.79. The lowest BCUT2D eigenvalue weighted by atomic mass is 10.2. The number of hydrogen-bond acceptors (Lipinski definition) is 6. The quantitative estimate of drug-likeness (QED) is 0.743. The minimum Gasteiger partial charge on any atom is -0.300 e. The topological polar surface area (TPSA) is 101 Å². The standard InChI is InChI=1S/C15H20N4O3S2/c1-3-4-14-18-19-15(23-14)17-13(20)9-10-16-24(21,22)12-7-5-11(2)6-8-12/h5-8,16H,3-4,9-10H2,1-2H3,(H,17,19,20). The van der Waals surface area contributed by atoms with Crippen LogP contribution in [0.2, 0.25) is 0 Å². The summed E-state index contributed by atoms with van der Waals surface area (Å²) in [7, 11) is -3.60. The molecule has 0 saturated carbocycles. The van der Waals surface area contributed by atoms with Gasteiger partial charge in [-0.25, -0.2) is 13.1 Å². The summed E-state index contributed by atoms with van der Waals surface area (Å²) >= 11 is 1.33. The molecule has 1 aromatic carbocycles. The third-order valence-electron chi connectivity index (χ3n) is 3.15. The molecule has 2 N–H and O–H groups in total. The molecule has 2 aromatic rings. The summed E-state index contributed by atoms with van der Waals surface area (Å²) in [4.78, 5) is 12.0. The molecule has 2 rings (SSSR count). The molecular formula is C15H20N4O3S2. The van der Waals surface area contributed by atoms with Crippen LogP contribution < -0.4 is 10.0 Å². The summed E-state index contributed by atoms with van der Waals surface area (Å²) < 4.78 is 26.6. The van der Waals surface area contributed by atoms with Gasteiger partial charge in [-0.2, -0.15) is 0 Å². The highest BCUT2D eigenvalue weighted by Crippen LogP contribution is 2.16. The number of nitrogens with zero attached hydrogens (tertiary/aromatic N) is 2. The van der Waals surface area contributed by atoms with Crippen molar-refractivity contribution in [1.29, 1.82) is 0 Å². The number of sulfonamides is 1. The lowest BCUT2D eigenvalue weighted by Crippen LogP contribution is -2.27. The maximum atomic E-state index is 12.1. The summed E-state index contributed by atoms with van der Waals surface area (Å²) in [5.74, 6) is -0.305. The number of carbonyl (C=O) groups is 1. The molecule has 0 aliphatic carbocycles. The SMILES string of the molecule is CCCc1nnc(NC(=O)CCNS(=O)(=O)c2ccc(C)cc2)s1. The highest BCUT2D eigenvalue weighted by molar-refractivity contribution is 7.89. The van der Waals surface area contributed by atoms with E-state index < -0.39 is 10.0 Å². The highest BCUT2D eigenvalue weighted by Gasteiger charge is 2.14. The van der Waals surface area contributed by atoms with E-state index in [1.54, 1.807) is 12.1 Å². The van der Waals surface area contributed by atoms with Gasteiger partial charge in [0.25, 0.3) is 0 Å². The van der Waals surface area contributed by atoms with Crippen LogP contribution in [0, 0.1) is 6.92 Å². The lowest BCUT2D eigenvalue weighted by molar-refractivity contribution is -0.116. The van der Waals surface area contributed by atoms with E-state index in [0.717, 1.165) is 23.4 Å². The number of rotatable bonds is 8. The molecule has 0 fully saturated rings. The summed E-state index contributed by atoms with van der Waals surface area (Å²) in [5.41, 5.74) is 0.979. The number of anilines is 1. The van der Waals surface area contributed by atoms with E-state index in [1.165, 1.54) is 23.5 Å². The van der Waals surface area contributed by atoms with Gasteiger partial charge in [-0.1, -0.05) is 36.0 Å². The van der Waals surface area contributed by atoms with Crippen molar-refractivity contribution in [2.24, 2.45) is 0 Å². The van der Waals surface area contributed by atoms with Gasteiger partial charge in [0.05, 0.1) is 4.90 Å². The zero-order valence-corrected chi connectivity index (χ0v) is 15.2. The van der Waals surface area contributed by atoms with Crippen molar-refractivity contribution in [3.63, 3.8) is 0 Å². The minimum absolute atomic E-state index is 0.0165. The zero-order valence-electron chi connectivity index (χ0n) is 13.6. The Labute approximate surface area is 145 Å². The van der Waals surface area contributed by atoms with E-state index in [9.17, 15) is 13.2 Å². The minimum atomic E-state index is -3.60. The molecule has 7 nitrogen and oxygen atoms in total. The van der Waals surface area contributed by atoms with Crippen LogP contribution in [0.1, 0.15) is 30.3 Å². The lowest BCUT2D eigenvalue weighted by Gasteiger charge is -2.06. The Morgan fingerprint density at radius 1 is 1.21 bits per heavy atom. The van der Waals surface area contributed by atoms with Gasteiger partial charge >= 0.3 is 0 Å². The molecule has 0 radical (unpaired) electrons. The van der Waals surface area contributed by atoms with E-state index in [0.29, 0.717) is 5.13 Å². The summed E-state index contributed by atoms with van der Waals surface area (Å²) in [6, 6.07) is 6.53. The van der Waals surface area contributed by atoms with Crippen LogP contribution in [-0.4, -0.2) is 31.1 Å². The summed E-state index contributed by atoms with van der Waals surface area (Å²) in [6.07, 6.45) is 1.81. The van der Waals surface area contributed by atoms with E-state index in [4.69, 9.17) is 0 Å². The fraction of sp³-hybridized carbons (Fsp3) is 0.400. The van der Waals surface area contributed by atoms with Crippen LogP contribution in [0.25, 0.3) is 0 Å². The Bertz CT molecular complexity index is 785. The van der Waals surface area contributed by atoms with Gasteiger partial charge in [0.1, 0.15) is 5.01 Å². The molecule has 0 bridgehead atoms. The van der Waals surface area contributed by atoms with E-state index in [2.05, 4.69) is 20.2 Å². The second-order valence-electron chi connectivity index (χ2n) is 5.26. The first-order valence-electron chi connectivity index (χ1n) is 7.59. The average molecular weight is 368 g/mol. The molecule has 9 heteroatoms. The smallest absolute Gasteiger partial charge is 0.240 e. The molecule has 130 valence electrons. The van der Waals surface area contributed by atoms with Crippen LogP contribution in [0.3, 0.4) is 0 Å². The summed E-state index contributed by atoms with van der Waals surface area (Å²) in [5, 5.41) is 11.8. The predicted molar refractivity (Wildman–Crippen MR) is 93.5 cm³/mol. The Morgan fingerprint density at radius 3 is 2.58 bits per heavy atom. The number of carbonyl (C=O) groups excluding carboxylic acids is 1. The molecule has 0 spiro atoms. The molecule has 1 amide bonds. The first-order chi connectivity index (χ1) is 11.4. The molecule has 0 unspecified atom stereocenters.